The lowest BCUT2D eigenvalue weighted by atomic mass is 10.1. The first-order chi connectivity index (χ1) is 12.0. The molecule has 0 N–H and O–H groups in total. The second kappa shape index (κ2) is 7.05. The molecule has 126 valence electrons. The molecule has 2 aromatic carbocycles. The first-order valence-electron chi connectivity index (χ1n) is 7.74. The van der Waals surface area contributed by atoms with Crippen molar-refractivity contribution in [2.24, 2.45) is 0 Å². The van der Waals surface area contributed by atoms with Crippen molar-refractivity contribution in [2.45, 2.75) is 0 Å². The van der Waals surface area contributed by atoms with E-state index in [9.17, 15) is 9.59 Å². The number of hydrogen-bond acceptors (Lipinski definition) is 4. The Bertz CT molecular complexity index is 867. The molecule has 0 aromatic heterocycles. The largest absolute Gasteiger partial charge is 0.452 e. The Morgan fingerprint density at radius 1 is 1.12 bits per heavy atom. The van der Waals surface area contributed by atoms with E-state index in [0.29, 0.717) is 17.1 Å². The molecule has 0 saturated carbocycles. The van der Waals surface area contributed by atoms with Crippen LogP contribution in [0.2, 0.25) is 0 Å². The van der Waals surface area contributed by atoms with Gasteiger partial charge >= 0.3 is 6.09 Å². The van der Waals surface area contributed by atoms with Crippen LogP contribution < -0.4 is 9.47 Å². The van der Waals surface area contributed by atoms with Crippen LogP contribution in [0.5, 0.6) is 11.5 Å². The molecule has 3 rings (SSSR count). The van der Waals surface area contributed by atoms with Crippen molar-refractivity contribution in [2.75, 3.05) is 14.1 Å². The van der Waals surface area contributed by atoms with Crippen molar-refractivity contribution in [1.82, 2.24) is 4.90 Å². The van der Waals surface area contributed by atoms with E-state index in [-0.39, 0.29) is 11.5 Å². The van der Waals surface area contributed by atoms with Gasteiger partial charge in [0.1, 0.15) is 11.5 Å². The van der Waals surface area contributed by atoms with E-state index in [1.54, 1.807) is 38.4 Å². The highest BCUT2D eigenvalue weighted by Crippen LogP contribution is 2.34. The summed E-state index contributed by atoms with van der Waals surface area (Å²) in [5, 5.41) is 0. The molecule has 0 atom stereocenters. The summed E-state index contributed by atoms with van der Waals surface area (Å²) < 4.78 is 10.8. The maximum atomic E-state index is 12.3. The molecular formula is C20H17NO4. The minimum atomic E-state index is -0.495. The van der Waals surface area contributed by atoms with Crippen molar-refractivity contribution in [3.63, 3.8) is 0 Å². The van der Waals surface area contributed by atoms with Gasteiger partial charge in [-0.1, -0.05) is 42.5 Å². The van der Waals surface area contributed by atoms with Crippen LogP contribution >= 0.6 is 0 Å². The Hall–Kier alpha value is -3.34. The first-order valence-corrected chi connectivity index (χ1v) is 7.74. The quantitative estimate of drug-likeness (QED) is 0.798. The predicted molar refractivity (Wildman–Crippen MR) is 94.7 cm³/mol. The van der Waals surface area contributed by atoms with Crippen LogP contribution in [0.1, 0.15) is 15.9 Å². The third-order valence-corrected chi connectivity index (χ3v) is 3.55. The standard InChI is InChI=1S/C20H17NO4/c1-21(2)20(23)24-15-11-12-16-18(13-15)25-17(19(16)22)10-6-9-14-7-4-3-5-8-14/h3-13H,1-2H3/b9-6+,17-10-. The normalized spacial score (nSPS) is 14.5. The molecule has 5 heteroatoms. The molecule has 0 radical (unpaired) electrons. The molecule has 1 aliphatic heterocycles. The number of rotatable bonds is 3. The second-order valence-electron chi connectivity index (χ2n) is 5.65. The SMILES string of the molecule is CN(C)C(=O)Oc1ccc2c(c1)O/C(=C\C=C\c1ccccc1)C2=O. The smallest absolute Gasteiger partial charge is 0.414 e. The van der Waals surface area contributed by atoms with Crippen LogP contribution in [0, 0.1) is 0 Å². The number of fused-ring (bicyclic) bond motifs is 1. The summed E-state index contributed by atoms with van der Waals surface area (Å²) in [6, 6.07) is 14.5. The van der Waals surface area contributed by atoms with Crippen LogP contribution in [-0.4, -0.2) is 30.9 Å². The van der Waals surface area contributed by atoms with Gasteiger partial charge in [-0.3, -0.25) is 4.79 Å². The molecule has 0 spiro atoms. The van der Waals surface area contributed by atoms with Gasteiger partial charge in [0.15, 0.2) is 5.76 Å². The highest BCUT2D eigenvalue weighted by Gasteiger charge is 2.27. The summed E-state index contributed by atoms with van der Waals surface area (Å²) in [6.45, 7) is 0. The lowest BCUT2D eigenvalue weighted by Gasteiger charge is -2.10. The van der Waals surface area contributed by atoms with Crippen LogP contribution in [-0.2, 0) is 0 Å². The number of carbonyl (C=O) groups excluding carboxylic acids is 2. The average molecular weight is 335 g/mol. The van der Waals surface area contributed by atoms with Crippen LogP contribution in [0.15, 0.2) is 66.4 Å². The fraction of sp³-hybridized carbons (Fsp3) is 0.100. The van der Waals surface area contributed by atoms with Crippen molar-refractivity contribution in [1.29, 1.82) is 0 Å². The van der Waals surface area contributed by atoms with Gasteiger partial charge in [0.2, 0.25) is 5.78 Å². The fourth-order valence-electron chi connectivity index (χ4n) is 2.25. The maximum Gasteiger partial charge on any atom is 0.414 e. The summed E-state index contributed by atoms with van der Waals surface area (Å²) in [5.74, 6) is 0.746. The van der Waals surface area contributed by atoms with Crippen LogP contribution in [0.25, 0.3) is 6.08 Å². The van der Waals surface area contributed by atoms with E-state index >= 15 is 0 Å². The molecule has 0 saturated heterocycles. The van der Waals surface area contributed by atoms with Crippen LogP contribution in [0.3, 0.4) is 0 Å². The number of allylic oxidation sites excluding steroid dienone is 3. The Morgan fingerprint density at radius 2 is 1.88 bits per heavy atom. The Balaban J connectivity index is 1.75. The molecule has 0 fully saturated rings. The third-order valence-electron chi connectivity index (χ3n) is 3.55. The minimum Gasteiger partial charge on any atom is -0.452 e. The van der Waals surface area contributed by atoms with Gasteiger partial charge in [0.25, 0.3) is 0 Å². The van der Waals surface area contributed by atoms with Crippen molar-refractivity contribution in [3.8, 4) is 11.5 Å². The zero-order valence-electron chi connectivity index (χ0n) is 13.9. The number of Topliss-reactive ketones (excluding diaryl/α,β-unsaturated/α-hetero) is 1. The van der Waals surface area contributed by atoms with E-state index in [2.05, 4.69) is 0 Å². The summed E-state index contributed by atoms with van der Waals surface area (Å²) in [7, 11) is 3.19. The number of ketones is 1. The van der Waals surface area contributed by atoms with Gasteiger partial charge in [0, 0.05) is 20.2 Å². The highest BCUT2D eigenvalue weighted by atomic mass is 16.6. The summed E-state index contributed by atoms with van der Waals surface area (Å²) in [5.41, 5.74) is 1.48. The van der Waals surface area contributed by atoms with Gasteiger partial charge < -0.3 is 14.4 Å². The van der Waals surface area contributed by atoms with E-state index in [4.69, 9.17) is 9.47 Å². The number of ether oxygens (including phenoxy) is 2. The average Bonchev–Trinajstić information content (AvgIpc) is 2.91. The lowest BCUT2D eigenvalue weighted by Crippen LogP contribution is -2.25. The molecule has 0 unspecified atom stereocenters. The van der Waals surface area contributed by atoms with E-state index in [1.807, 2.05) is 36.4 Å². The molecule has 0 bridgehead atoms. The Morgan fingerprint density at radius 3 is 2.60 bits per heavy atom. The third kappa shape index (κ3) is 3.77. The van der Waals surface area contributed by atoms with E-state index < -0.39 is 6.09 Å². The number of benzene rings is 2. The summed E-state index contributed by atoms with van der Waals surface area (Å²) in [4.78, 5) is 25.2. The van der Waals surface area contributed by atoms with Crippen molar-refractivity contribution in [3.05, 3.63) is 77.6 Å². The van der Waals surface area contributed by atoms with Gasteiger partial charge in [-0.15, -0.1) is 0 Å². The Labute approximate surface area is 145 Å². The van der Waals surface area contributed by atoms with Gasteiger partial charge in [-0.05, 0) is 23.8 Å². The minimum absolute atomic E-state index is 0.196. The first kappa shape index (κ1) is 16.5. The van der Waals surface area contributed by atoms with Crippen LogP contribution in [0.4, 0.5) is 4.79 Å². The molecule has 5 nitrogen and oxygen atoms in total. The Kier molecular flexibility index (Phi) is 4.66. The van der Waals surface area contributed by atoms with E-state index in [1.165, 1.54) is 11.0 Å². The monoisotopic (exact) mass is 335 g/mol. The topological polar surface area (TPSA) is 55.8 Å². The summed E-state index contributed by atoms with van der Waals surface area (Å²) in [6.07, 6.45) is 4.78. The molecular weight excluding hydrogens is 318 g/mol. The number of hydrogen-bond donors (Lipinski definition) is 0. The van der Waals surface area contributed by atoms with Gasteiger partial charge in [-0.2, -0.15) is 0 Å². The molecule has 0 aliphatic carbocycles. The summed E-state index contributed by atoms with van der Waals surface area (Å²) >= 11 is 0. The van der Waals surface area contributed by atoms with Crippen molar-refractivity contribution >= 4 is 18.0 Å². The van der Waals surface area contributed by atoms with Crippen molar-refractivity contribution < 1.29 is 19.1 Å². The highest BCUT2D eigenvalue weighted by molar-refractivity contribution is 6.12. The lowest BCUT2D eigenvalue weighted by molar-refractivity contribution is 0.101. The molecule has 2 aromatic rings. The number of nitrogens with zero attached hydrogens (tertiary/aromatic N) is 1. The molecule has 1 aliphatic rings. The van der Waals surface area contributed by atoms with Gasteiger partial charge in [-0.25, -0.2) is 4.79 Å². The number of amides is 1. The zero-order valence-corrected chi connectivity index (χ0v) is 13.9. The predicted octanol–water partition coefficient (Wildman–Crippen LogP) is 3.92. The molecule has 1 amide bonds. The number of carbonyl (C=O) groups is 2. The second-order valence-corrected chi connectivity index (χ2v) is 5.65. The fourth-order valence-corrected chi connectivity index (χ4v) is 2.25. The van der Waals surface area contributed by atoms with E-state index in [0.717, 1.165) is 5.56 Å². The molecule has 1 heterocycles. The maximum absolute atomic E-state index is 12.3. The molecule has 25 heavy (non-hydrogen) atoms. The van der Waals surface area contributed by atoms with Gasteiger partial charge in [0.05, 0.1) is 5.56 Å². The zero-order chi connectivity index (χ0) is 17.8.